The Bertz CT molecular complexity index is 223. The Hall–Kier alpha value is -0.700. The van der Waals surface area contributed by atoms with Crippen LogP contribution in [0.2, 0.25) is 0 Å². The van der Waals surface area contributed by atoms with Crippen LogP contribution in [0.25, 0.3) is 0 Å². The zero-order chi connectivity index (χ0) is 6.69. The van der Waals surface area contributed by atoms with E-state index in [1.165, 1.54) is 12.1 Å². The van der Waals surface area contributed by atoms with Crippen molar-refractivity contribution in [3.8, 4) is 0 Å². The van der Waals surface area contributed by atoms with Crippen LogP contribution in [0.4, 0.5) is 0 Å². The fourth-order valence-electron chi connectivity index (χ4n) is 0.521. The molecular formula is C6H7NOS. The maximum absolute atomic E-state index is 10.5. The Labute approximate surface area is 57.6 Å². The van der Waals surface area contributed by atoms with Crippen molar-refractivity contribution < 1.29 is 0 Å². The standard InChI is InChI=1S/C6H7NOS/c1-9-7-4-2-6(8)3-5-7/h2-5H,1H3. The molecule has 9 heavy (non-hydrogen) atoms. The highest BCUT2D eigenvalue weighted by Gasteiger charge is 1.81. The quantitative estimate of drug-likeness (QED) is 0.581. The normalized spacial score (nSPS) is 9.44. The molecular weight excluding hydrogens is 134 g/mol. The van der Waals surface area contributed by atoms with E-state index in [9.17, 15) is 4.79 Å². The largest absolute Gasteiger partial charge is 0.299 e. The summed E-state index contributed by atoms with van der Waals surface area (Å²) in [7, 11) is 0. The van der Waals surface area contributed by atoms with E-state index in [-0.39, 0.29) is 5.43 Å². The fourth-order valence-corrected chi connectivity index (χ4v) is 0.886. The maximum Gasteiger partial charge on any atom is 0.181 e. The molecule has 1 rings (SSSR count). The molecule has 3 heteroatoms. The summed E-state index contributed by atoms with van der Waals surface area (Å²) in [6.07, 6.45) is 5.43. The summed E-state index contributed by atoms with van der Waals surface area (Å²) in [5, 5.41) is 0. The number of aromatic nitrogens is 1. The molecule has 0 aromatic carbocycles. The van der Waals surface area contributed by atoms with Crippen molar-refractivity contribution in [3.05, 3.63) is 34.7 Å². The minimum atomic E-state index is 0.0558. The van der Waals surface area contributed by atoms with Gasteiger partial charge < -0.3 is 0 Å². The molecule has 1 aromatic rings. The summed E-state index contributed by atoms with van der Waals surface area (Å²) in [6, 6.07) is 3.08. The van der Waals surface area contributed by atoms with E-state index in [0.29, 0.717) is 0 Å². The molecule has 0 radical (unpaired) electrons. The van der Waals surface area contributed by atoms with Gasteiger partial charge in [0.15, 0.2) is 5.43 Å². The first-order valence-corrected chi connectivity index (χ1v) is 3.74. The van der Waals surface area contributed by atoms with E-state index < -0.39 is 0 Å². The van der Waals surface area contributed by atoms with Crippen LogP contribution >= 0.6 is 11.9 Å². The minimum absolute atomic E-state index is 0.0558. The van der Waals surface area contributed by atoms with Gasteiger partial charge in [-0.2, -0.15) is 0 Å². The molecule has 0 fully saturated rings. The second-order valence-electron chi connectivity index (χ2n) is 1.58. The van der Waals surface area contributed by atoms with Crippen LogP contribution in [-0.4, -0.2) is 10.2 Å². The van der Waals surface area contributed by atoms with E-state index in [4.69, 9.17) is 0 Å². The van der Waals surface area contributed by atoms with Gasteiger partial charge in [0.05, 0.1) is 0 Å². The topological polar surface area (TPSA) is 22.0 Å². The number of rotatable bonds is 1. The second kappa shape index (κ2) is 2.73. The highest BCUT2D eigenvalue weighted by Crippen LogP contribution is 1.95. The average molecular weight is 141 g/mol. The summed E-state index contributed by atoms with van der Waals surface area (Å²) in [6.45, 7) is 0. The van der Waals surface area contributed by atoms with Crippen molar-refractivity contribution in [2.75, 3.05) is 6.26 Å². The molecule has 1 heterocycles. The Morgan fingerprint density at radius 2 is 2.00 bits per heavy atom. The van der Waals surface area contributed by atoms with Crippen LogP contribution in [0.3, 0.4) is 0 Å². The van der Waals surface area contributed by atoms with Crippen LogP contribution < -0.4 is 5.43 Å². The van der Waals surface area contributed by atoms with Gasteiger partial charge in [0.2, 0.25) is 0 Å². The first kappa shape index (κ1) is 6.42. The molecule has 0 unspecified atom stereocenters. The lowest BCUT2D eigenvalue weighted by molar-refractivity contribution is 1.21. The lowest BCUT2D eigenvalue weighted by atomic mass is 10.5. The lowest BCUT2D eigenvalue weighted by Gasteiger charge is -1.95. The Morgan fingerprint density at radius 1 is 1.44 bits per heavy atom. The molecule has 0 amide bonds. The Morgan fingerprint density at radius 3 is 2.44 bits per heavy atom. The molecule has 1 aromatic heterocycles. The zero-order valence-electron chi connectivity index (χ0n) is 5.07. The van der Waals surface area contributed by atoms with Crippen molar-refractivity contribution in [3.63, 3.8) is 0 Å². The summed E-state index contributed by atoms with van der Waals surface area (Å²) in [4.78, 5) is 10.5. The third kappa shape index (κ3) is 1.61. The van der Waals surface area contributed by atoms with E-state index in [1.807, 2.05) is 10.2 Å². The molecule has 48 valence electrons. The number of pyridine rings is 1. The second-order valence-corrected chi connectivity index (χ2v) is 2.36. The monoisotopic (exact) mass is 141 g/mol. The van der Waals surface area contributed by atoms with Crippen molar-refractivity contribution in [1.29, 1.82) is 0 Å². The third-order valence-electron chi connectivity index (χ3n) is 0.982. The summed E-state index contributed by atoms with van der Waals surface area (Å²) < 4.78 is 1.86. The van der Waals surface area contributed by atoms with Crippen LogP contribution in [0.5, 0.6) is 0 Å². The molecule has 0 N–H and O–H groups in total. The van der Waals surface area contributed by atoms with Gasteiger partial charge in [0, 0.05) is 30.8 Å². The minimum Gasteiger partial charge on any atom is -0.299 e. The Kier molecular flexibility index (Phi) is 1.95. The predicted molar refractivity (Wildman–Crippen MR) is 39.6 cm³/mol. The number of hydrogen-bond donors (Lipinski definition) is 0. The first-order chi connectivity index (χ1) is 4.33. The SMILES string of the molecule is CSn1ccc(=O)cc1. The molecule has 0 saturated carbocycles. The van der Waals surface area contributed by atoms with Gasteiger partial charge in [0.1, 0.15) is 0 Å². The smallest absolute Gasteiger partial charge is 0.181 e. The fraction of sp³-hybridized carbons (Fsp3) is 0.167. The molecule has 0 aliphatic carbocycles. The molecule has 0 atom stereocenters. The zero-order valence-corrected chi connectivity index (χ0v) is 5.89. The number of hydrogen-bond acceptors (Lipinski definition) is 2. The lowest BCUT2D eigenvalue weighted by Crippen LogP contribution is -1.97. The van der Waals surface area contributed by atoms with Gasteiger partial charge in [-0.05, 0) is 11.9 Å². The van der Waals surface area contributed by atoms with Crippen LogP contribution in [0.1, 0.15) is 0 Å². The molecule has 2 nitrogen and oxygen atoms in total. The van der Waals surface area contributed by atoms with Crippen molar-refractivity contribution in [2.45, 2.75) is 0 Å². The molecule has 0 saturated heterocycles. The number of nitrogens with zero attached hydrogens (tertiary/aromatic N) is 1. The maximum atomic E-state index is 10.5. The highest BCUT2D eigenvalue weighted by molar-refractivity contribution is 7.97. The third-order valence-corrected chi connectivity index (χ3v) is 1.65. The molecule has 0 spiro atoms. The molecule has 0 bridgehead atoms. The van der Waals surface area contributed by atoms with Crippen LogP contribution in [-0.2, 0) is 0 Å². The van der Waals surface area contributed by atoms with Crippen LogP contribution in [0.15, 0.2) is 29.3 Å². The Balaban J connectivity index is 3.02. The summed E-state index contributed by atoms with van der Waals surface area (Å²) in [5.74, 6) is 0. The van der Waals surface area contributed by atoms with E-state index >= 15 is 0 Å². The summed E-state index contributed by atoms with van der Waals surface area (Å²) in [5.41, 5.74) is 0.0558. The van der Waals surface area contributed by atoms with Gasteiger partial charge in [-0.1, -0.05) is 0 Å². The van der Waals surface area contributed by atoms with E-state index in [2.05, 4.69) is 0 Å². The molecule has 0 aliphatic heterocycles. The van der Waals surface area contributed by atoms with Crippen molar-refractivity contribution in [1.82, 2.24) is 3.97 Å². The average Bonchev–Trinajstić information content (AvgIpc) is 1.90. The van der Waals surface area contributed by atoms with E-state index in [0.717, 1.165) is 0 Å². The van der Waals surface area contributed by atoms with E-state index in [1.54, 1.807) is 24.3 Å². The van der Waals surface area contributed by atoms with Gasteiger partial charge in [0.25, 0.3) is 0 Å². The van der Waals surface area contributed by atoms with Crippen molar-refractivity contribution >= 4 is 11.9 Å². The first-order valence-electron chi connectivity index (χ1n) is 2.56. The van der Waals surface area contributed by atoms with Crippen LogP contribution in [0, 0.1) is 0 Å². The predicted octanol–water partition coefficient (Wildman–Crippen LogP) is 0.974. The van der Waals surface area contributed by atoms with Gasteiger partial charge in [-0.25, -0.2) is 0 Å². The molecule has 0 aliphatic rings. The van der Waals surface area contributed by atoms with Gasteiger partial charge in [-0.3, -0.25) is 8.77 Å². The van der Waals surface area contributed by atoms with Gasteiger partial charge in [-0.15, -0.1) is 0 Å². The summed E-state index contributed by atoms with van der Waals surface area (Å²) >= 11 is 1.56. The highest BCUT2D eigenvalue weighted by atomic mass is 32.2. The van der Waals surface area contributed by atoms with Gasteiger partial charge >= 0.3 is 0 Å². The van der Waals surface area contributed by atoms with Crippen molar-refractivity contribution in [2.24, 2.45) is 0 Å².